The van der Waals surface area contributed by atoms with Crippen LogP contribution < -0.4 is 5.73 Å². The summed E-state index contributed by atoms with van der Waals surface area (Å²) in [6.07, 6.45) is 1.00. The maximum Gasteiger partial charge on any atom is 0.410 e. The summed E-state index contributed by atoms with van der Waals surface area (Å²) in [5.74, 6) is 0. The number of nitrogens with zero attached hydrogens (tertiary/aromatic N) is 1. The number of carbonyl (C=O) groups excluding carboxylic acids is 1. The highest BCUT2D eigenvalue weighted by Gasteiger charge is 2.37. The van der Waals surface area contributed by atoms with E-state index in [9.17, 15) is 9.18 Å². The van der Waals surface area contributed by atoms with E-state index in [0.29, 0.717) is 32.4 Å². The van der Waals surface area contributed by atoms with Crippen LogP contribution in [0.3, 0.4) is 0 Å². The van der Waals surface area contributed by atoms with E-state index in [-0.39, 0.29) is 6.54 Å². The lowest BCUT2D eigenvalue weighted by molar-refractivity contribution is -0.00689. The first-order valence-corrected chi connectivity index (χ1v) is 6.13. The number of likely N-dealkylation sites (tertiary alicyclic amines) is 1. The average Bonchev–Trinajstić information content (AvgIpc) is 2.14. The Labute approximate surface area is 102 Å². The van der Waals surface area contributed by atoms with Gasteiger partial charge in [0.15, 0.2) is 0 Å². The van der Waals surface area contributed by atoms with Gasteiger partial charge >= 0.3 is 6.09 Å². The second-order valence-electron chi connectivity index (χ2n) is 5.70. The molecule has 1 atom stereocenters. The number of carbonyl (C=O) groups is 1. The third-order valence-corrected chi connectivity index (χ3v) is 2.77. The quantitative estimate of drug-likeness (QED) is 0.811. The summed E-state index contributed by atoms with van der Waals surface area (Å²) in [7, 11) is 0. The van der Waals surface area contributed by atoms with Crippen LogP contribution in [0, 0.1) is 0 Å². The maximum atomic E-state index is 14.3. The number of amides is 1. The molecule has 0 saturated carbocycles. The van der Waals surface area contributed by atoms with Crippen molar-refractivity contribution in [3.8, 4) is 0 Å². The standard InChI is InChI=1S/C12H23FN2O2/c1-11(2,3)17-10(16)15-8-4-5-12(13,9-15)6-7-14/h4-9,14H2,1-3H3/t12-/m1/s1. The van der Waals surface area contributed by atoms with Gasteiger partial charge in [0, 0.05) is 6.54 Å². The van der Waals surface area contributed by atoms with E-state index in [1.807, 2.05) is 0 Å². The molecule has 4 nitrogen and oxygen atoms in total. The molecule has 1 rings (SSSR count). The van der Waals surface area contributed by atoms with Crippen LogP contribution in [0.15, 0.2) is 0 Å². The lowest BCUT2D eigenvalue weighted by atomic mass is 9.92. The minimum Gasteiger partial charge on any atom is -0.444 e. The van der Waals surface area contributed by atoms with Crippen LogP contribution in [-0.4, -0.2) is 41.9 Å². The van der Waals surface area contributed by atoms with E-state index in [4.69, 9.17) is 10.5 Å². The number of piperidine rings is 1. The molecule has 1 heterocycles. The van der Waals surface area contributed by atoms with Gasteiger partial charge < -0.3 is 15.4 Å². The molecule has 2 N–H and O–H groups in total. The average molecular weight is 246 g/mol. The number of alkyl halides is 1. The number of nitrogens with two attached hydrogens (primary N) is 1. The first-order chi connectivity index (χ1) is 7.76. The molecule has 1 amide bonds. The largest absolute Gasteiger partial charge is 0.444 e. The fourth-order valence-corrected chi connectivity index (χ4v) is 2.03. The Morgan fingerprint density at radius 1 is 1.53 bits per heavy atom. The van der Waals surface area contributed by atoms with Gasteiger partial charge in [0.2, 0.25) is 0 Å². The molecule has 0 aromatic heterocycles. The first kappa shape index (κ1) is 14.2. The van der Waals surface area contributed by atoms with Gasteiger partial charge in [0.25, 0.3) is 0 Å². The number of hydrogen-bond acceptors (Lipinski definition) is 3. The van der Waals surface area contributed by atoms with Gasteiger partial charge in [-0.2, -0.15) is 0 Å². The van der Waals surface area contributed by atoms with Crippen molar-refractivity contribution in [3.05, 3.63) is 0 Å². The van der Waals surface area contributed by atoms with Crippen molar-refractivity contribution in [1.29, 1.82) is 0 Å². The Morgan fingerprint density at radius 3 is 2.71 bits per heavy atom. The minimum atomic E-state index is -1.34. The molecule has 1 aliphatic heterocycles. The van der Waals surface area contributed by atoms with Crippen LogP contribution in [0.1, 0.15) is 40.0 Å². The van der Waals surface area contributed by atoms with E-state index in [2.05, 4.69) is 0 Å². The molecule has 0 aliphatic carbocycles. The molecule has 0 bridgehead atoms. The third kappa shape index (κ3) is 4.50. The topological polar surface area (TPSA) is 55.6 Å². The predicted octanol–water partition coefficient (Wildman–Crippen LogP) is 2.07. The van der Waals surface area contributed by atoms with Crippen molar-refractivity contribution < 1.29 is 13.9 Å². The van der Waals surface area contributed by atoms with Crippen molar-refractivity contribution in [2.24, 2.45) is 5.73 Å². The van der Waals surface area contributed by atoms with Crippen molar-refractivity contribution in [1.82, 2.24) is 4.90 Å². The minimum absolute atomic E-state index is 0.0963. The van der Waals surface area contributed by atoms with Crippen LogP contribution in [-0.2, 0) is 4.74 Å². The molecule has 0 aromatic rings. The van der Waals surface area contributed by atoms with E-state index in [0.717, 1.165) is 0 Å². The summed E-state index contributed by atoms with van der Waals surface area (Å²) >= 11 is 0. The van der Waals surface area contributed by atoms with Gasteiger partial charge in [0.05, 0.1) is 6.54 Å². The summed E-state index contributed by atoms with van der Waals surface area (Å²) < 4.78 is 19.5. The molecule has 17 heavy (non-hydrogen) atoms. The summed E-state index contributed by atoms with van der Waals surface area (Å²) in [4.78, 5) is 13.3. The Balaban J connectivity index is 2.57. The molecule has 1 fully saturated rings. The summed E-state index contributed by atoms with van der Waals surface area (Å²) in [6, 6.07) is 0. The maximum absolute atomic E-state index is 14.3. The molecule has 5 heteroatoms. The first-order valence-electron chi connectivity index (χ1n) is 6.13. The SMILES string of the molecule is CC(C)(C)OC(=O)N1CCC[C@@](F)(CCN)C1. The second kappa shape index (κ2) is 5.21. The Bertz CT molecular complexity index is 274. The molecule has 100 valence electrons. The van der Waals surface area contributed by atoms with Crippen LogP contribution >= 0.6 is 0 Å². The molecular formula is C12H23FN2O2. The van der Waals surface area contributed by atoms with Crippen LogP contribution in [0.5, 0.6) is 0 Å². The number of hydrogen-bond donors (Lipinski definition) is 1. The predicted molar refractivity (Wildman–Crippen MR) is 64.6 cm³/mol. The van der Waals surface area contributed by atoms with Crippen molar-refractivity contribution in [2.45, 2.75) is 51.3 Å². The fourth-order valence-electron chi connectivity index (χ4n) is 2.03. The molecule has 1 saturated heterocycles. The Kier molecular flexibility index (Phi) is 4.36. The smallest absolute Gasteiger partial charge is 0.410 e. The summed E-state index contributed by atoms with van der Waals surface area (Å²) in [5.41, 5.74) is 3.51. The number of rotatable bonds is 2. The van der Waals surface area contributed by atoms with E-state index >= 15 is 0 Å². The molecular weight excluding hydrogens is 223 g/mol. The van der Waals surface area contributed by atoms with Gasteiger partial charge in [-0.1, -0.05) is 0 Å². The van der Waals surface area contributed by atoms with E-state index in [1.54, 1.807) is 20.8 Å². The van der Waals surface area contributed by atoms with E-state index < -0.39 is 17.4 Å². The van der Waals surface area contributed by atoms with Crippen LogP contribution in [0.4, 0.5) is 9.18 Å². The van der Waals surface area contributed by atoms with Crippen LogP contribution in [0.25, 0.3) is 0 Å². The lowest BCUT2D eigenvalue weighted by Crippen LogP contribution is -2.50. The van der Waals surface area contributed by atoms with Crippen molar-refractivity contribution in [2.75, 3.05) is 19.6 Å². The fraction of sp³-hybridized carbons (Fsp3) is 0.917. The van der Waals surface area contributed by atoms with E-state index in [1.165, 1.54) is 4.90 Å². The van der Waals surface area contributed by atoms with Gasteiger partial charge in [-0.15, -0.1) is 0 Å². The molecule has 0 aromatic carbocycles. The number of halogens is 1. The third-order valence-electron chi connectivity index (χ3n) is 2.77. The van der Waals surface area contributed by atoms with Gasteiger partial charge in [-0.05, 0) is 46.6 Å². The normalized spacial score (nSPS) is 25.8. The van der Waals surface area contributed by atoms with Gasteiger partial charge in [0.1, 0.15) is 11.3 Å². The summed E-state index contributed by atoms with van der Waals surface area (Å²) in [5, 5.41) is 0. The van der Waals surface area contributed by atoms with Gasteiger partial charge in [-0.25, -0.2) is 9.18 Å². The highest BCUT2D eigenvalue weighted by Crippen LogP contribution is 2.29. The van der Waals surface area contributed by atoms with Crippen LogP contribution in [0.2, 0.25) is 0 Å². The zero-order chi connectivity index (χ0) is 13.1. The Morgan fingerprint density at radius 2 is 2.18 bits per heavy atom. The second-order valence-corrected chi connectivity index (χ2v) is 5.70. The highest BCUT2D eigenvalue weighted by molar-refractivity contribution is 5.68. The zero-order valence-corrected chi connectivity index (χ0v) is 11.0. The monoisotopic (exact) mass is 246 g/mol. The Hall–Kier alpha value is -0.840. The molecule has 1 aliphatic rings. The van der Waals surface area contributed by atoms with Gasteiger partial charge in [-0.3, -0.25) is 0 Å². The highest BCUT2D eigenvalue weighted by atomic mass is 19.1. The van der Waals surface area contributed by atoms with Crippen molar-refractivity contribution in [3.63, 3.8) is 0 Å². The molecule has 0 spiro atoms. The van der Waals surface area contributed by atoms with Crippen molar-refractivity contribution >= 4 is 6.09 Å². The molecule has 0 radical (unpaired) electrons. The zero-order valence-electron chi connectivity index (χ0n) is 11.0. The summed E-state index contributed by atoms with van der Waals surface area (Å²) in [6.45, 7) is 6.37. The number of ether oxygens (including phenoxy) is 1. The molecule has 0 unspecified atom stereocenters. The lowest BCUT2D eigenvalue weighted by Gasteiger charge is -2.37.